The molecule has 19 heavy (non-hydrogen) atoms. The Kier molecular flexibility index (Phi) is 4.14. The Morgan fingerprint density at radius 1 is 1.47 bits per heavy atom. The number of benzene rings is 1. The third kappa shape index (κ3) is 3.32. The molecule has 5 heteroatoms. The van der Waals surface area contributed by atoms with Gasteiger partial charge in [0.05, 0.1) is 13.2 Å². The first-order chi connectivity index (χ1) is 9.22. The van der Waals surface area contributed by atoms with Crippen LogP contribution in [0.25, 0.3) is 11.4 Å². The predicted octanol–water partition coefficient (Wildman–Crippen LogP) is 2.84. The number of nitriles is 1. The minimum atomic E-state index is 0.212. The summed E-state index contributed by atoms with van der Waals surface area (Å²) in [7, 11) is 1.62. The highest BCUT2D eigenvalue weighted by atomic mass is 16.5. The molecular weight excluding hydrogens is 242 g/mol. The van der Waals surface area contributed by atoms with E-state index in [2.05, 4.69) is 16.2 Å². The molecule has 1 aromatic heterocycles. The van der Waals surface area contributed by atoms with E-state index in [9.17, 15) is 0 Å². The molecule has 1 unspecified atom stereocenters. The molecule has 0 saturated heterocycles. The van der Waals surface area contributed by atoms with Gasteiger partial charge in [0.2, 0.25) is 11.7 Å². The number of hydrogen-bond donors (Lipinski definition) is 0. The van der Waals surface area contributed by atoms with Crippen LogP contribution in [0.5, 0.6) is 5.75 Å². The van der Waals surface area contributed by atoms with Crippen molar-refractivity contribution >= 4 is 0 Å². The number of rotatable bonds is 5. The van der Waals surface area contributed by atoms with Gasteiger partial charge in [0.25, 0.3) is 0 Å². The molecule has 1 heterocycles. The number of nitrogens with zero attached hydrogens (tertiary/aromatic N) is 3. The maximum absolute atomic E-state index is 8.63. The van der Waals surface area contributed by atoms with Gasteiger partial charge in [0.15, 0.2) is 0 Å². The van der Waals surface area contributed by atoms with E-state index in [4.69, 9.17) is 14.5 Å². The summed E-state index contributed by atoms with van der Waals surface area (Å²) in [5.74, 6) is 2.06. The van der Waals surface area contributed by atoms with Gasteiger partial charge < -0.3 is 9.26 Å². The average molecular weight is 257 g/mol. The fourth-order valence-electron chi connectivity index (χ4n) is 1.74. The monoisotopic (exact) mass is 257 g/mol. The Morgan fingerprint density at radius 3 is 3.05 bits per heavy atom. The van der Waals surface area contributed by atoms with Crippen molar-refractivity contribution in [2.45, 2.75) is 19.8 Å². The summed E-state index contributed by atoms with van der Waals surface area (Å²) in [6.45, 7) is 1.98. The van der Waals surface area contributed by atoms with Crippen molar-refractivity contribution in [1.29, 1.82) is 5.26 Å². The zero-order valence-corrected chi connectivity index (χ0v) is 11.0. The van der Waals surface area contributed by atoms with Crippen LogP contribution in [0.2, 0.25) is 0 Å². The van der Waals surface area contributed by atoms with Crippen LogP contribution in [-0.2, 0) is 6.42 Å². The molecule has 98 valence electrons. The van der Waals surface area contributed by atoms with Crippen molar-refractivity contribution < 1.29 is 9.26 Å². The molecule has 0 fully saturated rings. The van der Waals surface area contributed by atoms with Crippen LogP contribution in [0.15, 0.2) is 28.8 Å². The van der Waals surface area contributed by atoms with Crippen molar-refractivity contribution in [2.75, 3.05) is 7.11 Å². The quantitative estimate of drug-likeness (QED) is 0.823. The molecule has 0 spiro atoms. The van der Waals surface area contributed by atoms with E-state index in [1.165, 1.54) is 0 Å². The molecule has 0 amide bonds. The minimum Gasteiger partial charge on any atom is -0.497 e. The van der Waals surface area contributed by atoms with Crippen LogP contribution in [0.4, 0.5) is 0 Å². The van der Waals surface area contributed by atoms with Gasteiger partial charge in [-0.15, -0.1) is 0 Å². The molecule has 5 nitrogen and oxygen atoms in total. The van der Waals surface area contributed by atoms with E-state index >= 15 is 0 Å². The smallest absolute Gasteiger partial charge is 0.227 e. The van der Waals surface area contributed by atoms with E-state index in [1.807, 2.05) is 31.2 Å². The second kappa shape index (κ2) is 6.01. The van der Waals surface area contributed by atoms with Gasteiger partial charge in [-0.2, -0.15) is 10.2 Å². The molecule has 0 radical (unpaired) electrons. The van der Waals surface area contributed by atoms with Crippen LogP contribution in [0.1, 0.15) is 19.2 Å². The third-order valence-corrected chi connectivity index (χ3v) is 2.76. The van der Waals surface area contributed by atoms with Crippen LogP contribution in [-0.4, -0.2) is 17.3 Å². The lowest BCUT2D eigenvalue weighted by Crippen LogP contribution is -1.98. The molecule has 0 N–H and O–H groups in total. The van der Waals surface area contributed by atoms with Gasteiger partial charge in [-0.1, -0.05) is 24.2 Å². The van der Waals surface area contributed by atoms with Gasteiger partial charge in [0.1, 0.15) is 5.75 Å². The van der Waals surface area contributed by atoms with Crippen molar-refractivity contribution in [3.8, 4) is 23.2 Å². The van der Waals surface area contributed by atoms with Crippen LogP contribution < -0.4 is 4.74 Å². The zero-order chi connectivity index (χ0) is 13.7. The molecule has 0 bridgehead atoms. The van der Waals surface area contributed by atoms with Crippen molar-refractivity contribution in [3.63, 3.8) is 0 Å². The van der Waals surface area contributed by atoms with Gasteiger partial charge >= 0.3 is 0 Å². The molecule has 1 aromatic carbocycles. The SMILES string of the molecule is COc1cccc(-c2noc(CC(C)CC#N)n2)c1. The maximum atomic E-state index is 8.63. The topological polar surface area (TPSA) is 71.9 Å². The van der Waals surface area contributed by atoms with Crippen LogP contribution in [0, 0.1) is 17.2 Å². The standard InChI is InChI=1S/C14H15N3O2/c1-10(6-7-15)8-13-16-14(17-19-13)11-4-3-5-12(9-11)18-2/h3-5,9-10H,6,8H2,1-2H3. The van der Waals surface area contributed by atoms with Gasteiger partial charge in [0, 0.05) is 18.4 Å². The lowest BCUT2D eigenvalue weighted by atomic mass is 10.1. The highest BCUT2D eigenvalue weighted by Crippen LogP contribution is 2.22. The molecule has 2 rings (SSSR count). The van der Waals surface area contributed by atoms with Crippen molar-refractivity contribution in [2.24, 2.45) is 5.92 Å². The number of ether oxygens (including phenoxy) is 1. The summed E-state index contributed by atoms with van der Waals surface area (Å²) in [4.78, 5) is 4.34. The molecule has 0 saturated carbocycles. The Labute approximate surface area is 111 Å². The normalized spacial score (nSPS) is 11.8. The summed E-state index contributed by atoms with van der Waals surface area (Å²) in [6, 6.07) is 9.63. The first-order valence-corrected chi connectivity index (χ1v) is 6.07. The molecular formula is C14H15N3O2. The largest absolute Gasteiger partial charge is 0.497 e. The highest BCUT2D eigenvalue weighted by molar-refractivity contribution is 5.56. The first-order valence-electron chi connectivity index (χ1n) is 6.07. The Bertz CT molecular complexity index is 586. The van der Waals surface area contributed by atoms with E-state index in [0.717, 1.165) is 11.3 Å². The van der Waals surface area contributed by atoms with Crippen LogP contribution >= 0.6 is 0 Å². The Morgan fingerprint density at radius 2 is 2.32 bits per heavy atom. The molecule has 0 aliphatic heterocycles. The molecule has 2 aromatic rings. The van der Waals surface area contributed by atoms with E-state index in [0.29, 0.717) is 24.6 Å². The molecule has 0 aliphatic rings. The van der Waals surface area contributed by atoms with Crippen molar-refractivity contribution in [3.05, 3.63) is 30.2 Å². The third-order valence-electron chi connectivity index (χ3n) is 2.76. The first kappa shape index (κ1) is 13.1. The maximum Gasteiger partial charge on any atom is 0.227 e. The van der Waals surface area contributed by atoms with E-state index in [-0.39, 0.29) is 5.92 Å². The van der Waals surface area contributed by atoms with Gasteiger partial charge in [-0.05, 0) is 18.1 Å². The summed E-state index contributed by atoms with van der Waals surface area (Å²) in [5, 5.41) is 12.6. The zero-order valence-electron chi connectivity index (χ0n) is 11.0. The summed E-state index contributed by atoms with van der Waals surface area (Å²) in [6.07, 6.45) is 1.10. The second-order valence-electron chi connectivity index (χ2n) is 4.42. The van der Waals surface area contributed by atoms with E-state index < -0.39 is 0 Å². The van der Waals surface area contributed by atoms with E-state index in [1.54, 1.807) is 7.11 Å². The summed E-state index contributed by atoms with van der Waals surface area (Å²) in [5.41, 5.74) is 0.849. The Balaban J connectivity index is 2.14. The number of aromatic nitrogens is 2. The highest BCUT2D eigenvalue weighted by Gasteiger charge is 2.12. The van der Waals surface area contributed by atoms with Crippen molar-refractivity contribution in [1.82, 2.24) is 10.1 Å². The Hall–Kier alpha value is -2.35. The van der Waals surface area contributed by atoms with Gasteiger partial charge in [-0.25, -0.2) is 0 Å². The lowest BCUT2D eigenvalue weighted by molar-refractivity contribution is 0.359. The molecule has 0 aliphatic carbocycles. The predicted molar refractivity (Wildman–Crippen MR) is 69.4 cm³/mol. The second-order valence-corrected chi connectivity index (χ2v) is 4.42. The fraction of sp³-hybridized carbons (Fsp3) is 0.357. The minimum absolute atomic E-state index is 0.212. The number of hydrogen-bond acceptors (Lipinski definition) is 5. The lowest BCUT2D eigenvalue weighted by Gasteiger charge is -2.01. The molecule has 1 atom stereocenters. The van der Waals surface area contributed by atoms with Gasteiger partial charge in [-0.3, -0.25) is 0 Å². The summed E-state index contributed by atoms with van der Waals surface area (Å²) < 4.78 is 10.4. The number of methoxy groups -OCH3 is 1. The summed E-state index contributed by atoms with van der Waals surface area (Å²) >= 11 is 0. The fourth-order valence-corrected chi connectivity index (χ4v) is 1.74. The average Bonchev–Trinajstić information content (AvgIpc) is 2.87. The van der Waals surface area contributed by atoms with Crippen LogP contribution in [0.3, 0.4) is 0 Å².